The topological polar surface area (TPSA) is 29.1 Å². The molecule has 0 saturated carbocycles. The summed E-state index contributed by atoms with van der Waals surface area (Å²) in [6.07, 6.45) is 1.54. The summed E-state index contributed by atoms with van der Waals surface area (Å²) in [5, 5.41) is 2.95. The van der Waals surface area contributed by atoms with Crippen molar-refractivity contribution in [3.05, 3.63) is 35.9 Å². The minimum absolute atomic E-state index is 0.103. The maximum Gasteiger partial charge on any atom is 0.219 e. The van der Waals surface area contributed by atoms with Gasteiger partial charge in [-0.2, -0.15) is 0 Å². The minimum atomic E-state index is 0.103. The molecule has 0 unspecified atom stereocenters. The SMILES string of the molecule is CCC(=O)NCC(C)(C)Cc1ccccc1. The van der Waals surface area contributed by atoms with Gasteiger partial charge in [-0.05, 0) is 17.4 Å². The van der Waals surface area contributed by atoms with Gasteiger partial charge < -0.3 is 5.32 Å². The minimum Gasteiger partial charge on any atom is -0.356 e. The van der Waals surface area contributed by atoms with Gasteiger partial charge in [0.15, 0.2) is 0 Å². The summed E-state index contributed by atoms with van der Waals surface area (Å²) in [6, 6.07) is 10.4. The summed E-state index contributed by atoms with van der Waals surface area (Å²) in [5.41, 5.74) is 1.42. The molecule has 0 fully saturated rings. The molecule has 0 aliphatic heterocycles. The summed E-state index contributed by atoms with van der Waals surface area (Å²) >= 11 is 0. The second-order valence-electron chi connectivity index (χ2n) is 4.96. The predicted molar refractivity (Wildman–Crippen MR) is 67.2 cm³/mol. The number of hydrogen-bond acceptors (Lipinski definition) is 1. The van der Waals surface area contributed by atoms with Crippen LogP contribution in [0, 0.1) is 5.41 Å². The largest absolute Gasteiger partial charge is 0.356 e. The highest BCUT2D eigenvalue weighted by Gasteiger charge is 2.18. The molecule has 2 nitrogen and oxygen atoms in total. The zero-order valence-corrected chi connectivity index (χ0v) is 10.4. The molecule has 1 N–H and O–H groups in total. The Hall–Kier alpha value is -1.31. The van der Waals surface area contributed by atoms with Crippen molar-refractivity contribution in [1.82, 2.24) is 5.32 Å². The van der Waals surface area contributed by atoms with Gasteiger partial charge in [0.2, 0.25) is 5.91 Å². The molecule has 0 radical (unpaired) electrons. The molecule has 0 saturated heterocycles. The highest BCUT2D eigenvalue weighted by Crippen LogP contribution is 2.20. The van der Waals surface area contributed by atoms with E-state index in [1.54, 1.807) is 0 Å². The van der Waals surface area contributed by atoms with Crippen LogP contribution < -0.4 is 5.32 Å². The van der Waals surface area contributed by atoms with Crippen LogP contribution in [0.2, 0.25) is 0 Å². The van der Waals surface area contributed by atoms with Gasteiger partial charge in [-0.3, -0.25) is 4.79 Å². The molecule has 0 aromatic heterocycles. The third-order valence-corrected chi connectivity index (χ3v) is 2.61. The van der Waals surface area contributed by atoms with E-state index in [9.17, 15) is 4.79 Å². The Morgan fingerprint density at radius 3 is 2.44 bits per heavy atom. The van der Waals surface area contributed by atoms with E-state index in [4.69, 9.17) is 0 Å². The first kappa shape index (κ1) is 12.8. The Morgan fingerprint density at radius 2 is 1.88 bits per heavy atom. The van der Waals surface area contributed by atoms with Crippen molar-refractivity contribution in [3.8, 4) is 0 Å². The lowest BCUT2D eigenvalue weighted by Crippen LogP contribution is -2.34. The molecule has 1 amide bonds. The lowest BCUT2D eigenvalue weighted by atomic mass is 9.85. The Labute approximate surface area is 98.1 Å². The zero-order chi connectivity index (χ0) is 12.0. The molecule has 88 valence electrons. The third kappa shape index (κ3) is 4.47. The van der Waals surface area contributed by atoms with Crippen LogP contribution in [0.3, 0.4) is 0 Å². The van der Waals surface area contributed by atoms with Gasteiger partial charge in [-0.15, -0.1) is 0 Å². The highest BCUT2D eigenvalue weighted by molar-refractivity contribution is 5.75. The maximum absolute atomic E-state index is 11.2. The predicted octanol–water partition coefficient (Wildman–Crippen LogP) is 2.78. The van der Waals surface area contributed by atoms with Gasteiger partial charge in [0.1, 0.15) is 0 Å². The molecular weight excluding hydrogens is 198 g/mol. The van der Waals surface area contributed by atoms with E-state index in [0.29, 0.717) is 6.42 Å². The van der Waals surface area contributed by atoms with Gasteiger partial charge in [0.05, 0.1) is 0 Å². The van der Waals surface area contributed by atoms with Crippen molar-refractivity contribution in [2.24, 2.45) is 5.41 Å². The average Bonchev–Trinajstić information content (AvgIpc) is 2.27. The third-order valence-electron chi connectivity index (χ3n) is 2.61. The Morgan fingerprint density at radius 1 is 1.25 bits per heavy atom. The fraction of sp³-hybridized carbons (Fsp3) is 0.500. The first-order chi connectivity index (χ1) is 7.53. The summed E-state index contributed by atoms with van der Waals surface area (Å²) < 4.78 is 0. The molecule has 0 aliphatic rings. The number of carbonyl (C=O) groups excluding carboxylic acids is 1. The van der Waals surface area contributed by atoms with Crippen LogP contribution >= 0.6 is 0 Å². The van der Waals surface area contributed by atoms with Crippen LogP contribution in [0.5, 0.6) is 0 Å². The molecule has 0 aliphatic carbocycles. The Balaban J connectivity index is 2.48. The van der Waals surface area contributed by atoms with Gasteiger partial charge >= 0.3 is 0 Å². The standard InChI is InChI=1S/C14H21NO/c1-4-13(16)15-11-14(2,3)10-12-8-6-5-7-9-12/h5-9H,4,10-11H2,1-3H3,(H,15,16). The van der Waals surface area contributed by atoms with Crippen molar-refractivity contribution in [2.75, 3.05) is 6.54 Å². The Kier molecular flexibility index (Phi) is 4.53. The molecule has 0 spiro atoms. The van der Waals surface area contributed by atoms with Crippen LogP contribution in [-0.2, 0) is 11.2 Å². The van der Waals surface area contributed by atoms with E-state index in [1.807, 2.05) is 13.0 Å². The summed E-state index contributed by atoms with van der Waals surface area (Å²) in [6.45, 7) is 6.96. The van der Waals surface area contributed by atoms with E-state index >= 15 is 0 Å². The summed E-state index contributed by atoms with van der Waals surface area (Å²) in [7, 11) is 0. The van der Waals surface area contributed by atoms with Crippen molar-refractivity contribution in [1.29, 1.82) is 0 Å². The quantitative estimate of drug-likeness (QED) is 0.810. The number of benzene rings is 1. The number of nitrogens with one attached hydrogen (secondary N) is 1. The van der Waals surface area contributed by atoms with E-state index < -0.39 is 0 Å². The van der Waals surface area contributed by atoms with Crippen LogP contribution in [0.1, 0.15) is 32.8 Å². The molecule has 1 rings (SSSR count). The maximum atomic E-state index is 11.2. The van der Waals surface area contributed by atoms with E-state index in [0.717, 1.165) is 13.0 Å². The van der Waals surface area contributed by atoms with Gasteiger partial charge in [0.25, 0.3) is 0 Å². The zero-order valence-electron chi connectivity index (χ0n) is 10.4. The molecular formula is C14H21NO. The first-order valence-electron chi connectivity index (χ1n) is 5.84. The number of hydrogen-bond donors (Lipinski definition) is 1. The van der Waals surface area contributed by atoms with Crippen LogP contribution in [0.25, 0.3) is 0 Å². The second kappa shape index (κ2) is 5.69. The highest BCUT2D eigenvalue weighted by atomic mass is 16.1. The van der Waals surface area contributed by atoms with Gasteiger partial charge in [-0.1, -0.05) is 51.1 Å². The molecule has 1 aromatic carbocycles. The lowest BCUT2D eigenvalue weighted by molar-refractivity contribution is -0.121. The van der Waals surface area contributed by atoms with Crippen LogP contribution in [-0.4, -0.2) is 12.5 Å². The normalized spacial score (nSPS) is 11.2. The monoisotopic (exact) mass is 219 g/mol. The van der Waals surface area contributed by atoms with E-state index in [1.165, 1.54) is 5.56 Å². The summed E-state index contributed by atoms with van der Waals surface area (Å²) in [5.74, 6) is 0.126. The lowest BCUT2D eigenvalue weighted by Gasteiger charge is -2.25. The fourth-order valence-electron chi connectivity index (χ4n) is 1.67. The van der Waals surface area contributed by atoms with Gasteiger partial charge in [-0.25, -0.2) is 0 Å². The number of rotatable bonds is 5. The smallest absolute Gasteiger partial charge is 0.219 e. The average molecular weight is 219 g/mol. The van der Waals surface area contributed by atoms with Crippen molar-refractivity contribution < 1.29 is 4.79 Å². The molecule has 1 aromatic rings. The second-order valence-corrected chi connectivity index (χ2v) is 4.96. The Bertz CT molecular complexity index is 330. The van der Waals surface area contributed by atoms with Gasteiger partial charge in [0, 0.05) is 13.0 Å². The van der Waals surface area contributed by atoms with Crippen molar-refractivity contribution in [3.63, 3.8) is 0 Å². The molecule has 2 heteroatoms. The molecule has 16 heavy (non-hydrogen) atoms. The first-order valence-corrected chi connectivity index (χ1v) is 5.84. The molecule has 0 bridgehead atoms. The molecule has 0 atom stereocenters. The number of carbonyl (C=O) groups is 1. The number of amides is 1. The van der Waals surface area contributed by atoms with E-state index in [-0.39, 0.29) is 11.3 Å². The summed E-state index contributed by atoms with van der Waals surface area (Å²) in [4.78, 5) is 11.2. The van der Waals surface area contributed by atoms with Crippen molar-refractivity contribution in [2.45, 2.75) is 33.6 Å². The fourth-order valence-corrected chi connectivity index (χ4v) is 1.67. The van der Waals surface area contributed by atoms with E-state index in [2.05, 4.69) is 43.4 Å². The molecule has 0 heterocycles. The van der Waals surface area contributed by atoms with Crippen molar-refractivity contribution >= 4 is 5.91 Å². The van der Waals surface area contributed by atoms with Crippen LogP contribution in [0.15, 0.2) is 30.3 Å². The van der Waals surface area contributed by atoms with Crippen LogP contribution in [0.4, 0.5) is 0 Å².